The van der Waals surface area contributed by atoms with Gasteiger partial charge in [-0.2, -0.15) is 0 Å². The Morgan fingerprint density at radius 2 is 1.92 bits per heavy atom. The molecule has 0 aromatic heterocycles. The molecule has 0 aromatic carbocycles. The second kappa shape index (κ2) is 3.45. The summed E-state index contributed by atoms with van der Waals surface area (Å²) >= 11 is 0. The van der Waals surface area contributed by atoms with Crippen LogP contribution >= 0.6 is 0 Å². The molecule has 0 rings (SSSR count). The van der Waals surface area contributed by atoms with E-state index in [-0.39, 0.29) is 0 Å². The smallest absolute Gasteiger partial charge is 0.238 e. The maximum absolute atomic E-state index is 11.2. The molecule has 0 aromatic rings. The quantitative estimate of drug-likeness (QED) is 0.601. The monoisotopic (exact) mass is 193 g/mol. The Kier molecular flexibility index (Phi) is 3.29. The van der Waals surface area contributed by atoms with Crippen molar-refractivity contribution >= 4 is 21.3 Å². The van der Waals surface area contributed by atoms with Gasteiger partial charge in [0.25, 0.3) is 0 Å². The fraction of sp³-hybridized carbons (Fsp3) is 0.714. The maximum Gasteiger partial charge on any atom is 0.238 e. The van der Waals surface area contributed by atoms with Crippen LogP contribution in [-0.4, -0.2) is 20.0 Å². The molecule has 5 heteroatoms. The van der Waals surface area contributed by atoms with Crippen molar-refractivity contribution in [3.8, 4) is 0 Å². The van der Waals surface area contributed by atoms with Gasteiger partial charge in [0.2, 0.25) is 5.91 Å². The normalized spacial score (nSPS) is 16.4. The number of nitrogens with one attached hydrogen (secondary N) is 1. The first kappa shape index (κ1) is 11.4. The SMILES string of the molecule is CC=S(=O)(O)NC(=O)C(C)(C)C. The molecule has 0 saturated heterocycles. The average Bonchev–Trinajstić information content (AvgIpc) is 1.85. The summed E-state index contributed by atoms with van der Waals surface area (Å²) in [5.74, 6) is -0.437. The van der Waals surface area contributed by atoms with Crippen LogP contribution in [0.15, 0.2) is 0 Å². The summed E-state index contributed by atoms with van der Waals surface area (Å²) in [5, 5.41) is 1.07. The summed E-state index contributed by atoms with van der Waals surface area (Å²) in [5.41, 5.74) is -0.644. The summed E-state index contributed by atoms with van der Waals surface area (Å²) in [6, 6.07) is 0. The summed E-state index contributed by atoms with van der Waals surface area (Å²) < 4.78 is 22.0. The summed E-state index contributed by atoms with van der Waals surface area (Å²) in [6.07, 6.45) is 0. The number of hydrogen-bond acceptors (Lipinski definition) is 2. The van der Waals surface area contributed by atoms with Gasteiger partial charge in [0.15, 0.2) is 9.99 Å². The Labute approximate surface area is 73.3 Å². The van der Waals surface area contributed by atoms with Crippen molar-refractivity contribution < 1.29 is 13.6 Å². The van der Waals surface area contributed by atoms with Gasteiger partial charge in [0.05, 0.1) is 0 Å². The lowest BCUT2D eigenvalue weighted by atomic mass is 9.96. The second-order valence-corrected chi connectivity index (χ2v) is 5.30. The van der Waals surface area contributed by atoms with Gasteiger partial charge in [-0.1, -0.05) is 20.8 Å². The molecule has 2 N–H and O–H groups in total. The highest BCUT2D eigenvalue weighted by Crippen LogP contribution is 2.12. The molecule has 1 atom stereocenters. The third-order valence-electron chi connectivity index (χ3n) is 1.24. The zero-order chi connectivity index (χ0) is 9.99. The van der Waals surface area contributed by atoms with Gasteiger partial charge < -0.3 is 0 Å². The fourth-order valence-corrected chi connectivity index (χ4v) is 1.03. The third kappa shape index (κ3) is 3.73. The van der Waals surface area contributed by atoms with E-state index in [4.69, 9.17) is 4.55 Å². The van der Waals surface area contributed by atoms with E-state index in [9.17, 15) is 9.00 Å². The van der Waals surface area contributed by atoms with Gasteiger partial charge in [-0.15, -0.1) is 0 Å². The second-order valence-electron chi connectivity index (χ2n) is 3.49. The van der Waals surface area contributed by atoms with Gasteiger partial charge in [-0.3, -0.25) is 14.1 Å². The van der Waals surface area contributed by atoms with Crippen molar-refractivity contribution in [1.29, 1.82) is 0 Å². The zero-order valence-electron chi connectivity index (χ0n) is 7.75. The Morgan fingerprint density at radius 1 is 1.50 bits per heavy atom. The van der Waals surface area contributed by atoms with Gasteiger partial charge in [0.1, 0.15) is 0 Å². The van der Waals surface area contributed by atoms with E-state index < -0.39 is 21.3 Å². The lowest BCUT2D eigenvalue weighted by Gasteiger charge is -2.17. The molecule has 12 heavy (non-hydrogen) atoms. The minimum absolute atomic E-state index is 0.437. The first-order valence-corrected chi connectivity index (χ1v) is 5.15. The Hall–Kier alpha value is -0.550. The van der Waals surface area contributed by atoms with Crippen LogP contribution in [0.4, 0.5) is 0 Å². The summed E-state index contributed by atoms with van der Waals surface area (Å²) in [6.45, 7) is 6.44. The lowest BCUT2D eigenvalue weighted by Crippen LogP contribution is -2.39. The molecule has 0 aliphatic rings. The minimum atomic E-state index is -3.28. The number of hydrogen-bond donors (Lipinski definition) is 2. The van der Waals surface area contributed by atoms with E-state index in [0.29, 0.717) is 0 Å². The molecule has 0 aliphatic heterocycles. The van der Waals surface area contributed by atoms with E-state index in [1.54, 1.807) is 20.8 Å². The van der Waals surface area contributed by atoms with Crippen LogP contribution in [0.2, 0.25) is 0 Å². The topological polar surface area (TPSA) is 66.4 Å². The van der Waals surface area contributed by atoms with Crippen LogP contribution in [0.5, 0.6) is 0 Å². The van der Waals surface area contributed by atoms with Crippen molar-refractivity contribution in [3.63, 3.8) is 0 Å². The number of carbonyl (C=O) groups is 1. The van der Waals surface area contributed by atoms with Crippen molar-refractivity contribution in [2.75, 3.05) is 0 Å². The zero-order valence-corrected chi connectivity index (χ0v) is 8.57. The Bertz CT molecular complexity index is 282. The van der Waals surface area contributed by atoms with Gasteiger partial charge >= 0.3 is 0 Å². The highest BCUT2D eigenvalue weighted by atomic mass is 32.2. The molecule has 0 radical (unpaired) electrons. The van der Waals surface area contributed by atoms with Crippen LogP contribution < -0.4 is 4.72 Å². The largest absolute Gasteiger partial charge is 0.298 e. The van der Waals surface area contributed by atoms with Crippen LogP contribution in [0, 0.1) is 5.41 Å². The molecule has 1 unspecified atom stereocenters. The third-order valence-corrected chi connectivity index (χ3v) is 2.36. The van der Waals surface area contributed by atoms with Gasteiger partial charge in [-0.25, -0.2) is 4.21 Å². The van der Waals surface area contributed by atoms with E-state index in [2.05, 4.69) is 0 Å². The van der Waals surface area contributed by atoms with Crippen molar-refractivity contribution in [3.05, 3.63) is 0 Å². The maximum atomic E-state index is 11.2. The molecular formula is C7H15NO3S. The molecule has 0 fully saturated rings. The van der Waals surface area contributed by atoms with E-state index in [1.165, 1.54) is 6.92 Å². The van der Waals surface area contributed by atoms with E-state index >= 15 is 0 Å². The lowest BCUT2D eigenvalue weighted by molar-refractivity contribution is -0.126. The highest BCUT2D eigenvalue weighted by molar-refractivity contribution is 7.94. The predicted molar refractivity (Wildman–Crippen MR) is 50.1 cm³/mol. The van der Waals surface area contributed by atoms with Gasteiger partial charge in [0, 0.05) is 10.8 Å². The first-order valence-electron chi connectivity index (χ1n) is 3.57. The van der Waals surface area contributed by atoms with Gasteiger partial charge in [-0.05, 0) is 6.92 Å². The van der Waals surface area contributed by atoms with E-state index in [0.717, 1.165) is 5.37 Å². The molecular weight excluding hydrogens is 178 g/mol. The van der Waals surface area contributed by atoms with Crippen molar-refractivity contribution in [2.45, 2.75) is 27.7 Å². The Balaban J connectivity index is 4.53. The molecule has 0 aliphatic carbocycles. The molecule has 0 bridgehead atoms. The molecule has 0 heterocycles. The molecule has 4 nitrogen and oxygen atoms in total. The highest BCUT2D eigenvalue weighted by Gasteiger charge is 2.22. The molecule has 0 saturated carbocycles. The van der Waals surface area contributed by atoms with Crippen molar-refractivity contribution in [2.24, 2.45) is 5.41 Å². The number of carbonyl (C=O) groups excluding carboxylic acids is 1. The van der Waals surface area contributed by atoms with Crippen LogP contribution in [0.1, 0.15) is 27.7 Å². The van der Waals surface area contributed by atoms with Crippen LogP contribution in [0.3, 0.4) is 0 Å². The van der Waals surface area contributed by atoms with E-state index in [1.807, 2.05) is 4.72 Å². The minimum Gasteiger partial charge on any atom is -0.298 e. The number of rotatable bonds is 1. The first-order chi connectivity index (χ1) is 5.19. The summed E-state index contributed by atoms with van der Waals surface area (Å²) in [7, 11) is -3.28. The number of amides is 1. The predicted octanol–water partition coefficient (Wildman–Crippen LogP) is 0.643. The standard InChI is InChI=1S/C7H15NO3S/c1-5-12(10,11)8-6(9)7(2,3)4/h5H,1-4H3,(H2,8,9,10,11). The fourth-order valence-electron chi connectivity index (χ4n) is 0.345. The van der Waals surface area contributed by atoms with Crippen LogP contribution in [0.25, 0.3) is 0 Å². The van der Waals surface area contributed by atoms with Crippen molar-refractivity contribution in [1.82, 2.24) is 4.72 Å². The van der Waals surface area contributed by atoms with Crippen LogP contribution in [-0.2, 0) is 14.8 Å². The Morgan fingerprint density at radius 3 is 2.17 bits per heavy atom. The molecule has 0 spiro atoms. The average molecular weight is 193 g/mol. The molecule has 1 amide bonds. The molecule has 72 valence electrons. The summed E-state index contributed by atoms with van der Waals surface area (Å²) in [4.78, 5) is 11.2.